The van der Waals surface area contributed by atoms with Crippen LogP contribution in [0.1, 0.15) is 0 Å². The highest BCUT2D eigenvalue weighted by molar-refractivity contribution is 5.52. The molecule has 1 N–H and O–H groups in total. The lowest BCUT2D eigenvalue weighted by atomic mass is 10.5. The fraction of sp³-hybridized carbons (Fsp3) is 0.300. The van der Waals surface area contributed by atoms with Crippen LogP contribution in [0.15, 0.2) is 30.7 Å². The smallest absolute Gasteiger partial charge is 0.153 e. The third-order valence-corrected chi connectivity index (χ3v) is 2.00. The maximum atomic E-state index is 4.97. The van der Waals surface area contributed by atoms with Crippen molar-refractivity contribution in [2.24, 2.45) is 0 Å². The minimum Gasteiger partial charge on any atom is -0.383 e. The second-order valence-electron chi connectivity index (χ2n) is 3.22. The van der Waals surface area contributed by atoms with Crippen molar-refractivity contribution >= 4 is 11.5 Å². The molecule has 0 spiro atoms. The van der Waals surface area contributed by atoms with Crippen molar-refractivity contribution in [2.75, 3.05) is 19.0 Å². The zero-order chi connectivity index (χ0) is 11.2. The van der Waals surface area contributed by atoms with Crippen LogP contribution in [0, 0.1) is 0 Å². The fourth-order valence-electron chi connectivity index (χ4n) is 1.25. The Labute approximate surface area is 93.3 Å². The average molecular weight is 219 g/mol. The second-order valence-corrected chi connectivity index (χ2v) is 3.22. The molecule has 84 valence electrons. The molecule has 0 fully saturated rings. The van der Waals surface area contributed by atoms with Crippen molar-refractivity contribution < 1.29 is 4.74 Å². The molecule has 6 heteroatoms. The van der Waals surface area contributed by atoms with Crippen molar-refractivity contribution in [1.29, 1.82) is 0 Å². The van der Waals surface area contributed by atoms with Crippen LogP contribution in [0.2, 0.25) is 0 Å². The van der Waals surface area contributed by atoms with Gasteiger partial charge in [-0.3, -0.25) is 4.68 Å². The molecule has 0 atom stereocenters. The van der Waals surface area contributed by atoms with Crippen molar-refractivity contribution in [3.05, 3.63) is 30.7 Å². The van der Waals surface area contributed by atoms with E-state index in [9.17, 15) is 0 Å². The maximum absolute atomic E-state index is 4.97. The van der Waals surface area contributed by atoms with E-state index in [4.69, 9.17) is 4.74 Å². The molecule has 0 saturated heterocycles. The molecule has 0 bridgehead atoms. The van der Waals surface area contributed by atoms with Crippen molar-refractivity contribution in [2.45, 2.75) is 6.54 Å². The molecule has 2 aromatic rings. The van der Waals surface area contributed by atoms with E-state index in [0.29, 0.717) is 12.4 Å². The Morgan fingerprint density at radius 3 is 3.19 bits per heavy atom. The van der Waals surface area contributed by atoms with E-state index in [-0.39, 0.29) is 0 Å². The molecule has 0 amide bonds. The summed E-state index contributed by atoms with van der Waals surface area (Å²) in [5.74, 6) is 0.703. The lowest BCUT2D eigenvalue weighted by Crippen LogP contribution is -2.03. The highest BCUT2D eigenvalue weighted by atomic mass is 16.5. The van der Waals surface area contributed by atoms with Gasteiger partial charge in [0.2, 0.25) is 0 Å². The normalized spacial score (nSPS) is 10.3. The van der Waals surface area contributed by atoms with Gasteiger partial charge in [-0.1, -0.05) is 0 Å². The number of methoxy groups -OCH3 is 1. The van der Waals surface area contributed by atoms with Crippen LogP contribution in [0.3, 0.4) is 0 Å². The first-order valence-electron chi connectivity index (χ1n) is 4.94. The summed E-state index contributed by atoms with van der Waals surface area (Å²) in [6.45, 7) is 1.38. The van der Waals surface area contributed by atoms with Gasteiger partial charge in [0.05, 0.1) is 25.0 Å². The topological polar surface area (TPSA) is 64.9 Å². The SMILES string of the molecule is COCCn1cc(Nc2cccnn2)cn1. The third-order valence-electron chi connectivity index (χ3n) is 2.00. The van der Waals surface area contributed by atoms with Crippen molar-refractivity contribution in [1.82, 2.24) is 20.0 Å². The standard InChI is InChI=1S/C10H13N5O/c1-16-6-5-15-8-9(7-12-15)13-10-3-2-4-11-14-10/h2-4,7-8H,5-6H2,1H3,(H,13,14). The maximum Gasteiger partial charge on any atom is 0.153 e. The average Bonchev–Trinajstić information content (AvgIpc) is 2.75. The molecule has 0 aliphatic heterocycles. The number of hydrogen-bond donors (Lipinski definition) is 1. The Balaban J connectivity index is 1.97. The van der Waals surface area contributed by atoms with E-state index in [2.05, 4.69) is 20.6 Å². The summed E-state index contributed by atoms with van der Waals surface area (Å²) in [7, 11) is 1.67. The number of anilines is 2. The molecular formula is C10H13N5O. The summed E-state index contributed by atoms with van der Waals surface area (Å²) in [6.07, 6.45) is 5.27. The van der Waals surface area contributed by atoms with Crippen LogP contribution >= 0.6 is 0 Å². The van der Waals surface area contributed by atoms with Crippen LogP contribution in [0.4, 0.5) is 11.5 Å². The fourth-order valence-corrected chi connectivity index (χ4v) is 1.25. The quantitative estimate of drug-likeness (QED) is 0.814. The van der Waals surface area contributed by atoms with E-state index < -0.39 is 0 Å². The number of ether oxygens (including phenoxy) is 1. The summed E-state index contributed by atoms with van der Waals surface area (Å²) in [5.41, 5.74) is 0.886. The molecule has 2 rings (SSSR count). The number of nitrogens with one attached hydrogen (secondary N) is 1. The lowest BCUT2D eigenvalue weighted by molar-refractivity contribution is 0.183. The zero-order valence-electron chi connectivity index (χ0n) is 9.00. The molecule has 6 nitrogen and oxygen atoms in total. The Bertz CT molecular complexity index is 428. The van der Waals surface area contributed by atoms with Crippen LogP contribution < -0.4 is 5.32 Å². The Morgan fingerprint density at radius 2 is 2.44 bits per heavy atom. The van der Waals surface area contributed by atoms with Crippen LogP contribution in [0.5, 0.6) is 0 Å². The van der Waals surface area contributed by atoms with E-state index in [0.717, 1.165) is 12.2 Å². The number of rotatable bonds is 5. The highest BCUT2D eigenvalue weighted by Crippen LogP contribution is 2.11. The molecule has 16 heavy (non-hydrogen) atoms. The van der Waals surface area contributed by atoms with Gasteiger partial charge in [0.15, 0.2) is 5.82 Å². The molecule has 0 radical (unpaired) electrons. The van der Waals surface area contributed by atoms with E-state index >= 15 is 0 Å². The highest BCUT2D eigenvalue weighted by Gasteiger charge is 1.99. The molecule has 0 aliphatic carbocycles. The molecule has 2 aromatic heterocycles. The Hall–Kier alpha value is -1.95. The molecule has 0 aromatic carbocycles. The van der Waals surface area contributed by atoms with Gasteiger partial charge >= 0.3 is 0 Å². The summed E-state index contributed by atoms with van der Waals surface area (Å²) in [5, 5.41) is 15.0. The number of nitrogens with zero attached hydrogens (tertiary/aromatic N) is 4. The Morgan fingerprint density at radius 1 is 1.50 bits per heavy atom. The first-order valence-corrected chi connectivity index (χ1v) is 4.94. The molecule has 0 saturated carbocycles. The van der Waals surface area contributed by atoms with E-state index in [1.807, 2.05) is 23.0 Å². The van der Waals surface area contributed by atoms with Gasteiger partial charge in [-0.05, 0) is 12.1 Å². The van der Waals surface area contributed by atoms with Crippen LogP contribution in [0.25, 0.3) is 0 Å². The first-order chi connectivity index (χ1) is 7.88. The monoisotopic (exact) mass is 219 g/mol. The summed E-state index contributed by atoms with van der Waals surface area (Å²) < 4.78 is 6.78. The minimum atomic E-state index is 0.645. The van der Waals surface area contributed by atoms with Crippen molar-refractivity contribution in [3.8, 4) is 0 Å². The van der Waals surface area contributed by atoms with Gasteiger partial charge in [-0.2, -0.15) is 10.2 Å². The minimum absolute atomic E-state index is 0.645. The van der Waals surface area contributed by atoms with Gasteiger partial charge in [0.25, 0.3) is 0 Å². The number of hydrogen-bond acceptors (Lipinski definition) is 5. The van der Waals surface area contributed by atoms with Crippen LogP contribution in [-0.4, -0.2) is 33.7 Å². The predicted molar refractivity (Wildman–Crippen MR) is 59.4 cm³/mol. The molecule has 2 heterocycles. The Kier molecular flexibility index (Phi) is 3.45. The van der Waals surface area contributed by atoms with E-state index in [1.165, 1.54) is 0 Å². The lowest BCUT2D eigenvalue weighted by Gasteiger charge is -2.00. The first kappa shape index (κ1) is 10.6. The summed E-state index contributed by atoms with van der Waals surface area (Å²) in [6, 6.07) is 3.67. The van der Waals surface area contributed by atoms with Gasteiger partial charge in [-0.15, -0.1) is 5.10 Å². The van der Waals surface area contributed by atoms with Crippen molar-refractivity contribution in [3.63, 3.8) is 0 Å². The zero-order valence-corrected chi connectivity index (χ0v) is 9.00. The largest absolute Gasteiger partial charge is 0.383 e. The third kappa shape index (κ3) is 2.77. The predicted octanol–water partition coefficient (Wildman–Crippen LogP) is 1.06. The van der Waals surface area contributed by atoms with Gasteiger partial charge < -0.3 is 10.1 Å². The van der Waals surface area contributed by atoms with Gasteiger partial charge in [0, 0.05) is 19.5 Å². The van der Waals surface area contributed by atoms with Crippen LogP contribution in [-0.2, 0) is 11.3 Å². The molecule has 0 unspecified atom stereocenters. The summed E-state index contributed by atoms with van der Waals surface area (Å²) >= 11 is 0. The van der Waals surface area contributed by atoms with E-state index in [1.54, 1.807) is 19.5 Å². The molecule has 0 aliphatic rings. The number of aromatic nitrogens is 4. The summed E-state index contributed by atoms with van der Waals surface area (Å²) in [4.78, 5) is 0. The molecular weight excluding hydrogens is 206 g/mol. The van der Waals surface area contributed by atoms with Gasteiger partial charge in [-0.25, -0.2) is 0 Å². The van der Waals surface area contributed by atoms with Gasteiger partial charge in [0.1, 0.15) is 0 Å². The second kappa shape index (κ2) is 5.22.